The highest BCUT2D eigenvalue weighted by Crippen LogP contribution is 2.22. The van der Waals surface area contributed by atoms with E-state index in [1.807, 2.05) is 32.0 Å². The lowest BCUT2D eigenvalue weighted by Crippen LogP contribution is -2.44. The Morgan fingerprint density at radius 2 is 1.95 bits per heavy atom. The fourth-order valence-corrected chi connectivity index (χ4v) is 2.56. The van der Waals surface area contributed by atoms with Crippen molar-refractivity contribution < 1.29 is 14.7 Å². The fraction of sp³-hybridized carbons (Fsp3) is 0.467. The average Bonchev–Trinajstić information content (AvgIpc) is 2.43. The molecule has 1 aliphatic rings. The molecular formula is C15H20N2O3. The number of aryl methyl sites for hydroxylation is 2. The lowest BCUT2D eigenvalue weighted by molar-refractivity contribution is -0.143. The number of rotatable bonds is 2. The zero-order valence-corrected chi connectivity index (χ0v) is 11.8. The van der Waals surface area contributed by atoms with Crippen LogP contribution in [-0.4, -0.2) is 35.1 Å². The van der Waals surface area contributed by atoms with Gasteiger partial charge in [-0.2, -0.15) is 0 Å². The summed E-state index contributed by atoms with van der Waals surface area (Å²) in [4.78, 5) is 24.9. The Balaban J connectivity index is 2.06. The Labute approximate surface area is 118 Å². The fourth-order valence-electron chi connectivity index (χ4n) is 2.56. The quantitative estimate of drug-likeness (QED) is 0.872. The monoisotopic (exact) mass is 276 g/mol. The smallest absolute Gasteiger partial charge is 0.321 e. The number of hydrogen-bond donors (Lipinski definition) is 2. The van der Waals surface area contributed by atoms with Gasteiger partial charge in [-0.3, -0.25) is 4.79 Å². The molecule has 0 unspecified atom stereocenters. The van der Waals surface area contributed by atoms with Crippen molar-refractivity contribution in [1.82, 2.24) is 4.90 Å². The van der Waals surface area contributed by atoms with Crippen LogP contribution in [0.25, 0.3) is 0 Å². The van der Waals surface area contributed by atoms with E-state index in [0.717, 1.165) is 23.2 Å². The van der Waals surface area contributed by atoms with Gasteiger partial charge in [0.2, 0.25) is 0 Å². The first-order valence-corrected chi connectivity index (χ1v) is 6.84. The number of nitrogens with one attached hydrogen (secondary N) is 1. The molecule has 1 fully saturated rings. The van der Waals surface area contributed by atoms with E-state index >= 15 is 0 Å². The summed E-state index contributed by atoms with van der Waals surface area (Å²) in [6.45, 7) is 4.78. The molecule has 1 aromatic carbocycles. The minimum Gasteiger partial charge on any atom is -0.481 e. The van der Waals surface area contributed by atoms with Crippen LogP contribution < -0.4 is 5.32 Å². The van der Waals surface area contributed by atoms with Crippen molar-refractivity contribution in [2.45, 2.75) is 26.7 Å². The van der Waals surface area contributed by atoms with Gasteiger partial charge in [-0.05, 0) is 37.8 Å². The molecule has 1 heterocycles. The molecule has 1 aromatic rings. The molecule has 108 valence electrons. The molecule has 0 spiro atoms. The van der Waals surface area contributed by atoms with Crippen molar-refractivity contribution in [2.75, 3.05) is 18.4 Å². The van der Waals surface area contributed by atoms with E-state index in [1.54, 1.807) is 4.90 Å². The van der Waals surface area contributed by atoms with E-state index in [-0.39, 0.29) is 12.6 Å². The second-order valence-corrected chi connectivity index (χ2v) is 5.32. The van der Waals surface area contributed by atoms with Crippen molar-refractivity contribution in [2.24, 2.45) is 5.92 Å². The molecule has 0 aliphatic carbocycles. The van der Waals surface area contributed by atoms with Gasteiger partial charge in [0.05, 0.1) is 5.92 Å². The average molecular weight is 276 g/mol. The Hall–Kier alpha value is -2.04. The number of aliphatic carboxylic acids is 1. The summed E-state index contributed by atoms with van der Waals surface area (Å²) in [5.74, 6) is -1.28. The third kappa shape index (κ3) is 3.10. The van der Waals surface area contributed by atoms with Crippen molar-refractivity contribution >= 4 is 17.7 Å². The number of nitrogens with zero attached hydrogens (tertiary/aromatic N) is 1. The van der Waals surface area contributed by atoms with Crippen LogP contribution >= 0.6 is 0 Å². The summed E-state index contributed by atoms with van der Waals surface area (Å²) in [6.07, 6.45) is 1.37. The number of hydrogen-bond acceptors (Lipinski definition) is 2. The predicted molar refractivity (Wildman–Crippen MR) is 76.9 cm³/mol. The van der Waals surface area contributed by atoms with Crippen LogP contribution in [0.3, 0.4) is 0 Å². The van der Waals surface area contributed by atoms with Crippen molar-refractivity contribution in [3.05, 3.63) is 29.3 Å². The van der Waals surface area contributed by atoms with Crippen LogP contribution in [-0.2, 0) is 4.79 Å². The van der Waals surface area contributed by atoms with Crippen LogP contribution in [0.5, 0.6) is 0 Å². The standard InChI is InChI=1S/C15H20N2O3/c1-10-5-3-6-11(2)13(10)16-15(20)17-8-4-7-12(9-17)14(18)19/h3,5-6,12H,4,7-9H2,1-2H3,(H,16,20)(H,18,19)/t12-/m0/s1. The van der Waals surface area contributed by atoms with Gasteiger partial charge < -0.3 is 15.3 Å². The normalized spacial score (nSPS) is 18.7. The molecule has 20 heavy (non-hydrogen) atoms. The number of benzene rings is 1. The van der Waals surface area contributed by atoms with Gasteiger partial charge in [0.15, 0.2) is 0 Å². The Morgan fingerprint density at radius 3 is 2.55 bits per heavy atom. The molecule has 0 aromatic heterocycles. The molecule has 2 N–H and O–H groups in total. The molecule has 2 amide bonds. The van der Waals surface area contributed by atoms with Crippen LogP contribution in [0.4, 0.5) is 10.5 Å². The highest BCUT2D eigenvalue weighted by atomic mass is 16.4. The molecule has 1 aliphatic heterocycles. The van der Waals surface area contributed by atoms with E-state index in [4.69, 9.17) is 5.11 Å². The van der Waals surface area contributed by atoms with Crippen LogP contribution in [0, 0.1) is 19.8 Å². The minimum absolute atomic E-state index is 0.214. The summed E-state index contributed by atoms with van der Waals surface area (Å²) in [7, 11) is 0. The topological polar surface area (TPSA) is 69.6 Å². The SMILES string of the molecule is Cc1cccc(C)c1NC(=O)N1CCC[C@H](C(=O)O)C1. The summed E-state index contributed by atoms with van der Waals surface area (Å²) >= 11 is 0. The molecule has 5 heteroatoms. The van der Waals surface area contributed by atoms with Gasteiger partial charge in [0.1, 0.15) is 0 Å². The molecule has 0 bridgehead atoms. The third-order valence-corrected chi connectivity index (χ3v) is 3.77. The van der Waals surface area contributed by atoms with Gasteiger partial charge in [0.25, 0.3) is 0 Å². The Bertz CT molecular complexity index is 508. The first-order chi connectivity index (χ1) is 9.49. The van der Waals surface area contributed by atoms with E-state index < -0.39 is 11.9 Å². The molecule has 5 nitrogen and oxygen atoms in total. The number of carbonyl (C=O) groups excluding carboxylic acids is 1. The second-order valence-electron chi connectivity index (χ2n) is 5.32. The largest absolute Gasteiger partial charge is 0.481 e. The van der Waals surface area contributed by atoms with Crippen LogP contribution in [0.15, 0.2) is 18.2 Å². The maximum Gasteiger partial charge on any atom is 0.321 e. The van der Waals surface area contributed by atoms with E-state index in [1.165, 1.54) is 0 Å². The van der Waals surface area contributed by atoms with Gasteiger partial charge in [-0.1, -0.05) is 18.2 Å². The molecule has 0 radical (unpaired) electrons. The Kier molecular flexibility index (Phi) is 4.27. The number of piperidine rings is 1. The number of carbonyl (C=O) groups is 2. The van der Waals surface area contributed by atoms with E-state index in [9.17, 15) is 9.59 Å². The summed E-state index contributed by atoms with van der Waals surface area (Å²) < 4.78 is 0. The lowest BCUT2D eigenvalue weighted by atomic mass is 9.99. The van der Waals surface area contributed by atoms with Crippen LogP contribution in [0.2, 0.25) is 0 Å². The van der Waals surface area contributed by atoms with Crippen LogP contribution in [0.1, 0.15) is 24.0 Å². The van der Waals surface area contributed by atoms with E-state index in [0.29, 0.717) is 13.0 Å². The summed E-state index contributed by atoms with van der Waals surface area (Å²) in [5.41, 5.74) is 2.82. The van der Waals surface area contributed by atoms with Gasteiger partial charge in [-0.15, -0.1) is 0 Å². The highest BCUT2D eigenvalue weighted by molar-refractivity contribution is 5.91. The Morgan fingerprint density at radius 1 is 1.30 bits per heavy atom. The van der Waals surface area contributed by atoms with Gasteiger partial charge >= 0.3 is 12.0 Å². The molecular weight excluding hydrogens is 256 g/mol. The molecule has 2 rings (SSSR count). The lowest BCUT2D eigenvalue weighted by Gasteiger charge is -2.31. The highest BCUT2D eigenvalue weighted by Gasteiger charge is 2.28. The number of anilines is 1. The predicted octanol–water partition coefficient (Wildman–Crippen LogP) is 2.63. The number of carboxylic acid groups (broad SMARTS) is 1. The maximum atomic E-state index is 12.3. The maximum absolute atomic E-state index is 12.3. The minimum atomic E-state index is -0.824. The zero-order valence-electron chi connectivity index (χ0n) is 11.8. The number of urea groups is 1. The number of likely N-dealkylation sites (tertiary alicyclic amines) is 1. The molecule has 1 saturated heterocycles. The van der Waals surface area contributed by atoms with Crippen molar-refractivity contribution in [3.63, 3.8) is 0 Å². The summed E-state index contributed by atoms with van der Waals surface area (Å²) in [5, 5.41) is 12.0. The van der Waals surface area contributed by atoms with Crippen molar-refractivity contribution in [1.29, 1.82) is 0 Å². The number of para-hydroxylation sites is 1. The first kappa shape index (κ1) is 14.4. The van der Waals surface area contributed by atoms with E-state index in [2.05, 4.69) is 5.32 Å². The van der Waals surface area contributed by atoms with Gasteiger partial charge in [0, 0.05) is 18.8 Å². The molecule has 0 saturated carbocycles. The first-order valence-electron chi connectivity index (χ1n) is 6.84. The second kappa shape index (κ2) is 5.94. The van der Waals surface area contributed by atoms with Gasteiger partial charge in [-0.25, -0.2) is 4.79 Å². The number of carboxylic acids is 1. The zero-order chi connectivity index (χ0) is 14.7. The van der Waals surface area contributed by atoms with Crippen molar-refractivity contribution in [3.8, 4) is 0 Å². The molecule has 1 atom stereocenters. The number of amides is 2. The third-order valence-electron chi connectivity index (χ3n) is 3.77. The summed E-state index contributed by atoms with van der Waals surface area (Å²) in [6, 6.07) is 5.62.